The molecule has 2 aliphatic carbocycles. The highest BCUT2D eigenvalue weighted by Crippen LogP contribution is 2.70. The number of piperidine rings is 1. The summed E-state index contributed by atoms with van der Waals surface area (Å²) in [6, 6.07) is 4.97. The molecule has 0 amide bonds. The fourth-order valence-electron chi connectivity index (χ4n) is 14.8. The third-order valence-corrected chi connectivity index (χ3v) is 17.2. The molecule has 1 aromatic carbocycles. The maximum Gasteiger partial charge on any atom is 0.344 e. The van der Waals surface area contributed by atoms with E-state index in [-0.39, 0.29) is 17.7 Å². The maximum atomic E-state index is 15.6. The monoisotopic (exact) mass is 904 g/mol. The number of esters is 3. The summed E-state index contributed by atoms with van der Waals surface area (Å²) in [7, 11) is 8.40. The number of hydrogen-bond acceptors (Lipinski definition) is 13. The Balaban J connectivity index is 1.30. The molecule has 353 valence electrons. The molecule has 2 N–H and O–H groups in total. The number of allylic oxidation sites excluding steroid dienone is 2. The van der Waals surface area contributed by atoms with Crippen molar-refractivity contribution in [3.63, 3.8) is 0 Å². The zero-order chi connectivity index (χ0) is 47.1. The lowest BCUT2D eigenvalue weighted by Crippen LogP contribution is -2.79. The van der Waals surface area contributed by atoms with E-state index in [1.807, 2.05) is 44.9 Å². The van der Waals surface area contributed by atoms with Gasteiger partial charge in [0, 0.05) is 82.2 Å². The fraction of sp³-hybridized carbons (Fsp3) is 0.615. The van der Waals surface area contributed by atoms with Crippen LogP contribution in [0.15, 0.2) is 65.3 Å². The normalized spacial score (nSPS) is 38.6. The highest BCUT2D eigenvalue weighted by atomic mass is 16.6. The first-order valence-electron chi connectivity index (χ1n) is 24.1. The summed E-state index contributed by atoms with van der Waals surface area (Å²) < 4.78 is 24.3. The Morgan fingerprint density at radius 1 is 0.970 bits per heavy atom. The number of ether oxygens (including phenoxy) is 4. The van der Waals surface area contributed by atoms with Crippen LogP contribution in [0.4, 0.5) is 0 Å². The number of fused-ring (bicyclic) bond motifs is 5. The van der Waals surface area contributed by atoms with E-state index in [2.05, 4.69) is 53.5 Å². The van der Waals surface area contributed by atoms with Gasteiger partial charge in [0.1, 0.15) is 0 Å². The summed E-state index contributed by atoms with van der Waals surface area (Å²) in [6.45, 7) is 10.5. The average Bonchev–Trinajstić information content (AvgIpc) is 3.97. The van der Waals surface area contributed by atoms with Crippen LogP contribution in [0, 0.1) is 28.1 Å². The van der Waals surface area contributed by atoms with Gasteiger partial charge in [0.2, 0.25) is 5.60 Å². The van der Waals surface area contributed by atoms with Crippen LogP contribution in [0.2, 0.25) is 0 Å². The molecule has 1 saturated carbocycles. The molecular formula is C52H67BN3O10. The molecule has 6 heterocycles. The Bertz CT molecular complexity index is 2360. The van der Waals surface area contributed by atoms with Crippen LogP contribution in [0.5, 0.6) is 0 Å². The van der Waals surface area contributed by atoms with Crippen molar-refractivity contribution in [2.75, 3.05) is 61.1 Å². The molecule has 66 heavy (non-hydrogen) atoms. The molecule has 4 fully saturated rings. The molecular weight excluding hydrogens is 837 g/mol. The van der Waals surface area contributed by atoms with Gasteiger partial charge in [0.05, 0.1) is 37.4 Å². The average molecular weight is 905 g/mol. The number of benzene rings is 1. The molecule has 1 radical (unpaired) electrons. The van der Waals surface area contributed by atoms with Crippen LogP contribution in [0.1, 0.15) is 90.2 Å². The van der Waals surface area contributed by atoms with Gasteiger partial charge in [-0.05, 0) is 97.9 Å². The van der Waals surface area contributed by atoms with E-state index in [4.69, 9.17) is 18.9 Å². The van der Waals surface area contributed by atoms with Crippen LogP contribution >= 0.6 is 0 Å². The van der Waals surface area contributed by atoms with Gasteiger partial charge in [0.15, 0.2) is 19.2 Å². The second-order valence-electron chi connectivity index (χ2n) is 20.5. The zero-order valence-electron chi connectivity index (χ0n) is 39.9. The van der Waals surface area contributed by atoms with E-state index in [1.165, 1.54) is 21.1 Å². The summed E-state index contributed by atoms with van der Waals surface area (Å²) in [5, 5.41) is 25.6. The smallest absolute Gasteiger partial charge is 0.344 e. The Labute approximate surface area is 390 Å². The maximum absolute atomic E-state index is 15.6. The second kappa shape index (κ2) is 17.0. The first-order valence-corrected chi connectivity index (χ1v) is 24.1. The standard InChI is InChI=1S/C52H67BN3O10/c1-9-13-34(58)16-14-32-15-17-39-36(24-32)35-18-22-55-29-33(27-48(61,10-2)30-55)28-51(42(35)53-39,46(59)64-7)38-25-37-40(26-41(38)63-6)54(5)44-50(37)20-23-56-21-12-19-49(11-3,43(50)56)45(66-31(4)57)52(44,62)47(60)65-8/h12,14-17,19,24-26,33,38,41,43-45,61-62H,9-11,13,18,20-23,27-30H2,1-8H3/b16-14+/t33-,38?,41?,43+,44-,45-,48+,49-,50-,51+,52+/m1/s1. The third kappa shape index (κ3) is 6.65. The number of methoxy groups -OCH3 is 3. The van der Waals surface area contributed by atoms with Crippen LogP contribution in [0.3, 0.4) is 0 Å². The largest absolute Gasteiger partial charge is 0.468 e. The summed E-state index contributed by atoms with van der Waals surface area (Å²) in [5.41, 5.74) is -0.0592. The van der Waals surface area contributed by atoms with Crippen molar-refractivity contribution >= 4 is 48.1 Å². The summed E-state index contributed by atoms with van der Waals surface area (Å²) in [6.07, 6.45) is 14.3. The number of carbonyl (C=O) groups is 4. The van der Waals surface area contributed by atoms with E-state index < -0.39 is 69.5 Å². The van der Waals surface area contributed by atoms with Crippen molar-refractivity contribution in [3.8, 4) is 0 Å². The van der Waals surface area contributed by atoms with Gasteiger partial charge in [-0.1, -0.05) is 68.1 Å². The number of hydrogen-bond donors (Lipinski definition) is 2. The molecule has 9 rings (SSSR count). The van der Waals surface area contributed by atoms with Crippen molar-refractivity contribution < 1.29 is 48.3 Å². The van der Waals surface area contributed by atoms with Crippen molar-refractivity contribution in [2.45, 2.75) is 115 Å². The minimum Gasteiger partial charge on any atom is -0.468 e. The number of carbonyl (C=O) groups excluding carboxylic acids is 4. The molecule has 0 aromatic heterocycles. The predicted octanol–water partition coefficient (Wildman–Crippen LogP) is 4.18. The number of aliphatic hydroxyl groups is 2. The van der Waals surface area contributed by atoms with Gasteiger partial charge in [-0.3, -0.25) is 24.2 Å². The van der Waals surface area contributed by atoms with Crippen LogP contribution in [-0.4, -0.2) is 152 Å². The van der Waals surface area contributed by atoms with Gasteiger partial charge >= 0.3 is 17.9 Å². The van der Waals surface area contributed by atoms with Crippen molar-refractivity contribution in [1.82, 2.24) is 14.7 Å². The number of likely N-dealkylation sites (tertiary alicyclic amines) is 1. The molecule has 8 aliphatic rings. The van der Waals surface area contributed by atoms with E-state index >= 15 is 4.79 Å². The molecule has 2 bridgehead atoms. The Kier molecular flexibility index (Phi) is 12.1. The van der Waals surface area contributed by atoms with E-state index in [0.29, 0.717) is 77.7 Å². The van der Waals surface area contributed by atoms with E-state index in [1.54, 1.807) is 13.2 Å². The molecule has 6 aliphatic heterocycles. The molecule has 3 unspecified atom stereocenters. The van der Waals surface area contributed by atoms with Gasteiger partial charge < -0.3 is 34.1 Å². The molecule has 14 heteroatoms. The van der Waals surface area contributed by atoms with Gasteiger partial charge in [-0.2, -0.15) is 0 Å². The first-order chi connectivity index (χ1) is 31.5. The Morgan fingerprint density at radius 2 is 1.74 bits per heavy atom. The SMILES string of the molecule is CCCC(=O)/C=C/c1ccc2c(c1)C1=C([B]2)[C@@](C(=O)OC)(C2C=C3C(=CC2OC)N(C)[C@H]2[C@@](O)(C(=O)OC)[C@H](OC(C)=O)[C@]4(CC)C=CCN5CC[C@]32[C@@H]54)C[C@@H]2CN(CC1)C[C@](O)(CC)C2. The van der Waals surface area contributed by atoms with Crippen LogP contribution in [0.25, 0.3) is 11.6 Å². The van der Waals surface area contributed by atoms with Gasteiger partial charge in [-0.25, -0.2) is 4.79 Å². The summed E-state index contributed by atoms with van der Waals surface area (Å²) >= 11 is 0. The van der Waals surface area contributed by atoms with Gasteiger partial charge in [0.25, 0.3) is 0 Å². The molecule has 13 nitrogen and oxygen atoms in total. The minimum absolute atomic E-state index is 0.0680. The number of likely N-dealkylation sites (N-methyl/N-ethyl adjacent to an activating group) is 1. The predicted molar refractivity (Wildman–Crippen MR) is 250 cm³/mol. The number of rotatable bonds is 11. The molecule has 12 atom stereocenters. The fourth-order valence-corrected chi connectivity index (χ4v) is 14.8. The highest BCUT2D eigenvalue weighted by Gasteiger charge is 2.81. The lowest BCUT2D eigenvalue weighted by molar-refractivity contribution is -0.243. The third-order valence-electron chi connectivity index (χ3n) is 17.2. The molecule has 1 spiro atoms. The lowest BCUT2D eigenvalue weighted by Gasteiger charge is -2.63. The van der Waals surface area contributed by atoms with E-state index in [0.717, 1.165) is 45.3 Å². The lowest BCUT2D eigenvalue weighted by atomic mass is 9.46. The highest BCUT2D eigenvalue weighted by molar-refractivity contribution is 6.67. The van der Waals surface area contributed by atoms with E-state index in [9.17, 15) is 24.6 Å². The quantitative estimate of drug-likeness (QED) is 0.107. The summed E-state index contributed by atoms with van der Waals surface area (Å²) in [4.78, 5) is 62.6. The van der Waals surface area contributed by atoms with Gasteiger partial charge in [-0.15, -0.1) is 0 Å². The summed E-state index contributed by atoms with van der Waals surface area (Å²) in [5.74, 6) is -2.57. The number of ketones is 1. The number of nitrogens with zero attached hydrogens (tertiary/aromatic N) is 3. The zero-order valence-corrected chi connectivity index (χ0v) is 39.9. The van der Waals surface area contributed by atoms with Crippen molar-refractivity contribution in [3.05, 3.63) is 76.4 Å². The second-order valence-corrected chi connectivity index (χ2v) is 20.5. The molecule has 1 aromatic rings. The first kappa shape index (κ1) is 46.8. The van der Waals surface area contributed by atoms with Crippen molar-refractivity contribution in [2.24, 2.45) is 28.1 Å². The Hall–Kier alpha value is -4.34. The van der Waals surface area contributed by atoms with Crippen LogP contribution in [-0.2, 0) is 38.1 Å². The Morgan fingerprint density at radius 3 is 2.42 bits per heavy atom. The molecule has 3 saturated heterocycles. The topological polar surface area (TPSA) is 155 Å². The van der Waals surface area contributed by atoms with Crippen LogP contribution < -0.4 is 5.46 Å². The van der Waals surface area contributed by atoms with Crippen molar-refractivity contribution in [1.29, 1.82) is 0 Å². The minimum atomic E-state index is -2.31.